The molecule has 0 aromatic heterocycles. The van der Waals surface area contributed by atoms with Crippen LogP contribution < -0.4 is 10.1 Å². The molecular formula is C22H37N3O3. The Labute approximate surface area is 170 Å². The molecule has 0 amide bonds. The standard InChI is InChI=1S/C22H37N3O3/c1-4-6-12-28-21-9-7-8-19(15-21)16-24-22(23-5-2)25-11-10-20(17-25)18-27-14-13-26-3/h7-9,15,20H,4-6,10-14,16-18H2,1-3H3,(H,23,24). The maximum Gasteiger partial charge on any atom is 0.194 e. The molecule has 1 aromatic rings. The summed E-state index contributed by atoms with van der Waals surface area (Å²) >= 11 is 0. The topological polar surface area (TPSA) is 55.3 Å². The highest BCUT2D eigenvalue weighted by molar-refractivity contribution is 5.80. The van der Waals surface area contributed by atoms with E-state index in [0.717, 1.165) is 63.8 Å². The number of hydrogen-bond acceptors (Lipinski definition) is 4. The van der Waals surface area contributed by atoms with Crippen LogP contribution in [0.15, 0.2) is 29.3 Å². The summed E-state index contributed by atoms with van der Waals surface area (Å²) in [5, 5.41) is 3.43. The van der Waals surface area contributed by atoms with Crippen molar-refractivity contribution >= 4 is 5.96 Å². The Hall–Kier alpha value is -1.79. The minimum Gasteiger partial charge on any atom is -0.494 e. The normalized spacial score (nSPS) is 17.2. The third kappa shape index (κ3) is 8.07. The first kappa shape index (κ1) is 22.5. The van der Waals surface area contributed by atoms with E-state index in [1.807, 2.05) is 12.1 Å². The smallest absolute Gasteiger partial charge is 0.194 e. The van der Waals surface area contributed by atoms with Gasteiger partial charge in [0.05, 0.1) is 33.0 Å². The summed E-state index contributed by atoms with van der Waals surface area (Å²) in [5.74, 6) is 2.47. The van der Waals surface area contributed by atoms with Crippen LogP contribution in [-0.4, -0.2) is 64.0 Å². The summed E-state index contributed by atoms with van der Waals surface area (Å²) in [7, 11) is 1.70. The van der Waals surface area contributed by atoms with Crippen LogP contribution in [0.5, 0.6) is 5.75 Å². The second kappa shape index (κ2) is 13.4. The minimum absolute atomic E-state index is 0.552. The number of hydrogen-bond donors (Lipinski definition) is 1. The highest BCUT2D eigenvalue weighted by Crippen LogP contribution is 2.18. The fourth-order valence-electron chi connectivity index (χ4n) is 3.21. The van der Waals surface area contributed by atoms with E-state index in [9.17, 15) is 0 Å². The molecule has 1 heterocycles. The molecule has 0 saturated carbocycles. The third-order valence-corrected chi connectivity index (χ3v) is 4.78. The summed E-state index contributed by atoms with van der Waals surface area (Å²) < 4.78 is 16.5. The molecule has 28 heavy (non-hydrogen) atoms. The second-order valence-electron chi connectivity index (χ2n) is 7.19. The lowest BCUT2D eigenvalue weighted by molar-refractivity contribution is 0.0536. The van der Waals surface area contributed by atoms with E-state index in [1.165, 1.54) is 5.56 Å². The van der Waals surface area contributed by atoms with Gasteiger partial charge in [-0.25, -0.2) is 4.99 Å². The summed E-state index contributed by atoms with van der Waals surface area (Å²) in [6, 6.07) is 8.26. The van der Waals surface area contributed by atoms with Crippen molar-refractivity contribution in [3.05, 3.63) is 29.8 Å². The molecule has 1 unspecified atom stereocenters. The number of nitrogens with zero attached hydrogens (tertiary/aromatic N) is 2. The molecular weight excluding hydrogens is 354 g/mol. The second-order valence-corrected chi connectivity index (χ2v) is 7.19. The van der Waals surface area contributed by atoms with Gasteiger partial charge in [0.15, 0.2) is 5.96 Å². The van der Waals surface area contributed by atoms with Crippen molar-refractivity contribution in [3.63, 3.8) is 0 Å². The fourth-order valence-corrected chi connectivity index (χ4v) is 3.21. The van der Waals surface area contributed by atoms with Crippen LogP contribution in [0, 0.1) is 5.92 Å². The quantitative estimate of drug-likeness (QED) is 0.337. The van der Waals surface area contributed by atoms with E-state index in [1.54, 1.807) is 7.11 Å². The predicted molar refractivity (Wildman–Crippen MR) is 114 cm³/mol. The van der Waals surface area contributed by atoms with Gasteiger partial charge in [0.25, 0.3) is 0 Å². The van der Waals surface area contributed by atoms with Crippen LogP contribution in [0.3, 0.4) is 0 Å². The number of nitrogens with one attached hydrogen (secondary N) is 1. The molecule has 6 heteroatoms. The minimum atomic E-state index is 0.552. The number of benzene rings is 1. The van der Waals surface area contributed by atoms with E-state index in [-0.39, 0.29) is 0 Å². The highest BCUT2D eigenvalue weighted by atomic mass is 16.5. The monoisotopic (exact) mass is 391 g/mol. The summed E-state index contributed by atoms with van der Waals surface area (Å²) in [5.41, 5.74) is 1.17. The largest absolute Gasteiger partial charge is 0.494 e. The molecule has 2 rings (SSSR count). The van der Waals surface area contributed by atoms with Gasteiger partial charge in [-0.1, -0.05) is 25.5 Å². The van der Waals surface area contributed by atoms with Gasteiger partial charge >= 0.3 is 0 Å². The molecule has 6 nitrogen and oxygen atoms in total. The lowest BCUT2D eigenvalue weighted by Crippen LogP contribution is -2.40. The van der Waals surface area contributed by atoms with Crippen molar-refractivity contribution in [1.82, 2.24) is 10.2 Å². The third-order valence-electron chi connectivity index (χ3n) is 4.78. The van der Waals surface area contributed by atoms with E-state index >= 15 is 0 Å². The highest BCUT2D eigenvalue weighted by Gasteiger charge is 2.24. The molecule has 1 atom stereocenters. The van der Waals surface area contributed by atoms with Gasteiger partial charge in [-0.3, -0.25) is 0 Å². The molecule has 0 spiro atoms. The van der Waals surface area contributed by atoms with Gasteiger partial charge in [0.2, 0.25) is 0 Å². The van der Waals surface area contributed by atoms with Crippen molar-refractivity contribution in [3.8, 4) is 5.75 Å². The molecule has 1 saturated heterocycles. The number of methoxy groups -OCH3 is 1. The molecule has 0 bridgehead atoms. The zero-order chi connectivity index (χ0) is 20.0. The van der Waals surface area contributed by atoms with Crippen LogP contribution >= 0.6 is 0 Å². The van der Waals surface area contributed by atoms with Gasteiger partial charge in [0.1, 0.15) is 5.75 Å². The van der Waals surface area contributed by atoms with Crippen molar-refractivity contribution in [1.29, 1.82) is 0 Å². The molecule has 0 radical (unpaired) electrons. The molecule has 1 aliphatic rings. The van der Waals surface area contributed by atoms with Gasteiger partial charge < -0.3 is 24.4 Å². The van der Waals surface area contributed by atoms with Crippen molar-refractivity contribution in [2.24, 2.45) is 10.9 Å². The van der Waals surface area contributed by atoms with Crippen LogP contribution in [-0.2, 0) is 16.0 Å². The van der Waals surface area contributed by atoms with Crippen LogP contribution in [0.1, 0.15) is 38.7 Å². The lowest BCUT2D eigenvalue weighted by atomic mass is 10.1. The number of aliphatic imine (C=N–C) groups is 1. The van der Waals surface area contributed by atoms with E-state index < -0.39 is 0 Å². The maximum absolute atomic E-state index is 5.81. The van der Waals surface area contributed by atoms with Gasteiger partial charge in [-0.2, -0.15) is 0 Å². The van der Waals surface area contributed by atoms with Crippen molar-refractivity contribution < 1.29 is 14.2 Å². The first-order chi connectivity index (χ1) is 13.8. The first-order valence-corrected chi connectivity index (χ1v) is 10.6. The van der Waals surface area contributed by atoms with Crippen molar-refractivity contribution in [2.75, 3.05) is 53.2 Å². The summed E-state index contributed by atoms with van der Waals surface area (Å²) in [6.07, 6.45) is 3.36. The molecule has 0 aliphatic carbocycles. The maximum atomic E-state index is 5.81. The zero-order valence-electron chi connectivity index (χ0n) is 17.8. The summed E-state index contributed by atoms with van der Waals surface area (Å²) in [4.78, 5) is 7.21. The van der Waals surface area contributed by atoms with E-state index in [2.05, 4.69) is 36.2 Å². The van der Waals surface area contributed by atoms with Gasteiger partial charge in [-0.05, 0) is 37.5 Å². The molecule has 1 N–H and O–H groups in total. The van der Waals surface area contributed by atoms with E-state index in [4.69, 9.17) is 19.2 Å². The average Bonchev–Trinajstić information content (AvgIpc) is 3.18. The van der Waals surface area contributed by atoms with E-state index in [0.29, 0.717) is 25.7 Å². The number of likely N-dealkylation sites (tertiary alicyclic amines) is 1. The zero-order valence-corrected chi connectivity index (χ0v) is 17.8. The average molecular weight is 392 g/mol. The van der Waals surface area contributed by atoms with Crippen LogP contribution in [0.2, 0.25) is 0 Å². The van der Waals surface area contributed by atoms with Gasteiger partial charge in [0, 0.05) is 32.7 Å². The number of ether oxygens (including phenoxy) is 3. The molecule has 1 fully saturated rings. The number of unbranched alkanes of at least 4 members (excludes halogenated alkanes) is 1. The molecule has 1 aromatic carbocycles. The van der Waals surface area contributed by atoms with Crippen LogP contribution in [0.25, 0.3) is 0 Å². The Morgan fingerprint density at radius 1 is 1.25 bits per heavy atom. The summed E-state index contributed by atoms with van der Waals surface area (Å²) in [6.45, 7) is 10.7. The van der Waals surface area contributed by atoms with Gasteiger partial charge in [-0.15, -0.1) is 0 Å². The Morgan fingerprint density at radius 3 is 2.93 bits per heavy atom. The number of rotatable bonds is 12. The Bertz CT molecular complexity index is 580. The first-order valence-electron chi connectivity index (χ1n) is 10.6. The van der Waals surface area contributed by atoms with Crippen LogP contribution in [0.4, 0.5) is 0 Å². The Kier molecular flexibility index (Phi) is 10.8. The number of guanidine groups is 1. The molecule has 1 aliphatic heterocycles. The van der Waals surface area contributed by atoms with Crippen molar-refractivity contribution in [2.45, 2.75) is 39.7 Å². The Morgan fingerprint density at radius 2 is 2.14 bits per heavy atom. The fraction of sp³-hybridized carbons (Fsp3) is 0.682. The lowest BCUT2D eigenvalue weighted by Gasteiger charge is -2.21. The predicted octanol–water partition coefficient (Wildman–Crippen LogP) is 3.32. The molecule has 158 valence electrons. The Balaban J connectivity index is 1.87. The SMILES string of the molecule is CCCCOc1cccc(CN=C(NCC)N2CCC(COCCOC)C2)c1.